The summed E-state index contributed by atoms with van der Waals surface area (Å²) in [6.45, 7) is 5.68. The molecule has 0 bridgehead atoms. The van der Waals surface area contributed by atoms with E-state index < -0.39 is 5.54 Å². The Morgan fingerprint density at radius 1 is 0.900 bits per heavy atom. The van der Waals surface area contributed by atoms with Gasteiger partial charge >= 0.3 is 0 Å². The highest BCUT2D eigenvalue weighted by molar-refractivity contribution is 6.07. The van der Waals surface area contributed by atoms with Crippen LogP contribution in [0.4, 0.5) is 5.69 Å². The van der Waals surface area contributed by atoms with Crippen LogP contribution < -0.4 is 24.8 Å². The first kappa shape index (κ1) is 22.8. The van der Waals surface area contributed by atoms with Crippen molar-refractivity contribution in [2.24, 2.45) is 0 Å². The Morgan fingerprint density at radius 3 is 2.17 bits per heavy atom. The highest BCUT2D eigenvalue weighted by Gasteiger charge is 2.18. The molecular formula is C23H28N2O5. The fraction of sp³-hybridized carbons (Fsp3) is 0.304. The molecule has 7 heteroatoms. The molecule has 0 spiro atoms. The van der Waals surface area contributed by atoms with Gasteiger partial charge in [0.15, 0.2) is 11.5 Å². The lowest BCUT2D eigenvalue weighted by molar-refractivity contribution is -0.111. The average molecular weight is 412 g/mol. The Bertz CT molecular complexity index is 945. The number of benzene rings is 2. The third kappa shape index (κ3) is 5.76. The van der Waals surface area contributed by atoms with E-state index in [9.17, 15) is 9.59 Å². The summed E-state index contributed by atoms with van der Waals surface area (Å²) in [6, 6.07) is 10.3. The molecule has 0 aliphatic heterocycles. The first-order chi connectivity index (χ1) is 14.2. The summed E-state index contributed by atoms with van der Waals surface area (Å²) in [6.07, 6.45) is 2.97. The van der Waals surface area contributed by atoms with Gasteiger partial charge in [0.1, 0.15) is 0 Å². The van der Waals surface area contributed by atoms with Crippen molar-refractivity contribution in [2.75, 3.05) is 26.6 Å². The van der Waals surface area contributed by atoms with Crippen LogP contribution in [-0.4, -0.2) is 38.7 Å². The number of ether oxygens (including phenoxy) is 3. The van der Waals surface area contributed by atoms with Crippen LogP contribution in [0.2, 0.25) is 0 Å². The van der Waals surface area contributed by atoms with Crippen LogP contribution in [0, 0.1) is 0 Å². The number of hydrogen-bond acceptors (Lipinski definition) is 5. The predicted molar refractivity (Wildman–Crippen MR) is 117 cm³/mol. The van der Waals surface area contributed by atoms with Gasteiger partial charge in [-0.15, -0.1) is 0 Å². The number of para-hydroxylation sites is 1. The van der Waals surface area contributed by atoms with Crippen LogP contribution in [0.5, 0.6) is 17.2 Å². The SMILES string of the molecule is COc1ccc(/C=C/C(=O)Nc2ccccc2C(=O)NC(C)(C)C)c(OC)c1OC. The third-order valence-electron chi connectivity index (χ3n) is 4.07. The Balaban J connectivity index is 2.23. The van der Waals surface area contributed by atoms with E-state index >= 15 is 0 Å². The van der Waals surface area contributed by atoms with E-state index in [2.05, 4.69) is 10.6 Å². The van der Waals surface area contributed by atoms with Crippen molar-refractivity contribution < 1.29 is 23.8 Å². The number of nitrogens with one attached hydrogen (secondary N) is 2. The molecule has 0 heterocycles. The normalized spacial score (nSPS) is 11.1. The molecule has 0 unspecified atom stereocenters. The monoisotopic (exact) mass is 412 g/mol. The van der Waals surface area contributed by atoms with Crippen molar-refractivity contribution in [3.8, 4) is 17.2 Å². The third-order valence-corrected chi connectivity index (χ3v) is 4.07. The van der Waals surface area contributed by atoms with Crippen molar-refractivity contribution in [1.82, 2.24) is 5.32 Å². The van der Waals surface area contributed by atoms with Gasteiger partial charge in [-0.2, -0.15) is 0 Å². The molecule has 160 valence electrons. The van der Waals surface area contributed by atoms with Crippen molar-refractivity contribution in [3.63, 3.8) is 0 Å². The molecule has 0 aliphatic rings. The first-order valence-electron chi connectivity index (χ1n) is 9.39. The van der Waals surface area contributed by atoms with Crippen molar-refractivity contribution in [3.05, 3.63) is 53.6 Å². The molecule has 2 aromatic carbocycles. The van der Waals surface area contributed by atoms with Crippen LogP contribution in [0.25, 0.3) is 6.08 Å². The van der Waals surface area contributed by atoms with Crippen molar-refractivity contribution in [2.45, 2.75) is 26.3 Å². The molecule has 2 amide bonds. The lowest BCUT2D eigenvalue weighted by atomic mass is 10.1. The van der Waals surface area contributed by atoms with Gasteiger partial charge in [0.25, 0.3) is 5.91 Å². The van der Waals surface area contributed by atoms with E-state index in [1.807, 2.05) is 20.8 Å². The molecular weight excluding hydrogens is 384 g/mol. The van der Waals surface area contributed by atoms with Crippen LogP contribution in [0.15, 0.2) is 42.5 Å². The average Bonchev–Trinajstić information content (AvgIpc) is 2.70. The van der Waals surface area contributed by atoms with E-state index in [1.54, 1.807) is 42.5 Å². The fourth-order valence-corrected chi connectivity index (χ4v) is 2.79. The molecule has 0 fully saturated rings. The summed E-state index contributed by atoms with van der Waals surface area (Å²) in [5.41, 5.74) is 1.06. The molecule has 0 saturated heterocycles. The quantitative estimate of drug-likeness (QED) is 0.674. The Kier molecular flexibility index (Phi) is 7.47. The Labute approximate surface area is 177 Å². The maximum absolute atomic E-state index is 12.5. The maximum Gasteiger partial charge on any atom is 0.253 e. The van der Waals surface area contributed by atoms with Gasteiger partial charge in [-0.05, 0) is 51.1 Å². The van der Waals surface area contributed by atoms with E-state index in [0.717, 1.165) is 0 Å². The molecule has 0 aromatic heterocycles. The molecule has 0 atom stereocenters. The summed E-state index contributed by atoms with van der Waals surface area (Å²) in [7, 11) is 4.56. The summed E-state index contributed by atoms with van der Waals surface area (Å²) < 4.78 is 16.0. The number of rotatable bonds is 7. The van der Waals surface area contributed by atoms with E-state index in [1.165, 1.54) is 27.4 Å². The van der Waals surface area contributed by atoms with Gasteiger partial charge in [0, 0.05) is 17.2 Å². The summed E-state index contributed by atoms with van der Waals surface area (Å²) in [5.74, 6) is 0.763. The number of methoxy groups -OCH3 is 3. The van der Waals surface area contributed by atoms with Gasteiger partial charge in [0.05, 0.1) is 32.6 Å². The van der Waals surface area contributed by atoms with E-state index in [-0.39, 0.29) is 11.8 Å². The van der Waals surface area contributed by atoms with Gasteiger partial charge in [-0.3, -0.25) is 9.59 Å². The molecule has 7 nitrogen and oxygen atoms in total. The minimum absolute atomic E-state index is 0.260. The van der Waals surface area contributed by atoms with E-state index in [4.69, 9.17) is 14.2 Å². The smallest absolute Gasteiger partial charge is 0.253 e. The summed E-state index contributed by atoms with van der Waals surface area (Å²) in [5, 5.41) is 5.65. The fourth-order valence-electron chi connectivity index (χ4n) is 2.79. The first-order valence-corrected chi connectivity index (χ1v) is 9.39. The second-order valence-electron chi connectivity index (χ2n) is 7.50. The lowest BCUT2D eigenvalue weighted by Crippen LogP contribution is -2.40. The van der Waals surface area contributed by atoms with Crippen LogP contribution >= 0.6 is 0 Å². The number of carbonyl (C=O) groups excluding carboxylic acids is 2. The number of anilines is 1. The van der Waals surface area contributed by atoms with Crippen molar-refractivity contribution >= 4 is 23.6 Å². The number of hydrogen-bond donors (Lipinski definition) is 2. The van der Waals surface area contributed by atoms with E-state index in [0.29, 0.717) is 34.1 Å². The second-order valence-corrected chi connectivity index (χ2v) is 7.50. The maximum atomic E-state index is 12.5. The number of carbonyl (C=O) groups is 2. The Morgan fingerprint density at radius 2 is 1.57 bits per heavy atom. The van der Waals surface area contributed by atoms with Crippen LogP contribution in [0.1, 0.15) is 36.7 Å². The molecule has 2 aromatic rings. The zero-order valence-electron chi connectivity index (χ0n) is 18.2. The van der Waals surface area contributed by atoms with Crippen LogP contribution in [-0.2, 0) is 4.79 Å². The predicted octanol–water partition coefficient (Wildman–Crippen LogP) is 3.89. The minimum atomic E-state index is -0.391. The van der Waals surface area contributed by atoms with Gasteiger partial charge in [-0.1, -0.05) is 12.1 Å². The molecule has 0 aliphatic carbocycles. The summed E-state index contributed by atoms with van der Waals surface area (Å²) in [4.78, 5) is 25.0. The minimum Gasteiger partial charge on any atom is -0.493 e. The molecule has 0 radical (unpaired) electrons. The zero-order chi connectivity index (χ0) is 22.3. The molecule has 0 saturated carbocycles. The largest absolute Gasteiger partial charge is 0.493 e. The standard InChI is InChI=1S/C23H28N2O5/c1-23(2,3)25-22(27)16-9-7-8-10-17(16)24-19(26)14-12-15-11-13-18(28-4)21(30-6)20(15)29-5/h7-14H,1-6H3,(H,24,26)(H,25,27)/b14-12+. The van der Waals surface area contributed by atoms with Crippen molar-refractivity contribution in [1.29, 1.82) is 0 Å². The molecule has 2 N–H and O–H groups in total. The molecule has 2 rings (SSSR count). The topological polar surface area (TPSA) is 85.9 Å². The Hall–Kier alpha value is -3.48. The zero-order valence-corrected chi connectivity index (χ0v) is 18.2. The lowest BCUT2D eigenvalue weighted by Gasteiger charge is -2.21. The highest BCUT2D eigenvalue weighted by atomic mass is 16.5. The van der Waals surface area contributed by atoms with Gasteiger partial charge in [0.2, 0.25) is 11.7 Å². The molecule has 30 heavy (non-hydrogen) atoms. The summed E-state index contributed by atoms with van der Waals surface area (Å²) >= 11 is 0. The number of amides is 2. The highest BCUT2D eigenvalue weighted by Crippen LogP contribution is 2.40. The van der Waals surface area contributed by atoms with Gasteiger partial charge in [-0.25, -0.2) is 0 Å². The second kappa shape index (κ2) is 9.82. The van der Waals surface area contributed by atoms with Gasteiger partial charge < -0.3 is 24.8 Å². The van der Waals surface area contributed by atoms with Crippen LogP contribution in [0.3, 0.4) is 0 Å².